The van der Waals surface area contributed by atoms with Gasteiger partial charge >= 0.3 is 5.97 Å². The lowest BCUT2D eigenvalue weighted by Gasteiger charge is -2.18. The quantitative estimate of drug-likeness (QED) is 0.870. The SMILES string of the molecule is COC(=O)c1cc(-n2cccc(C(C)(C)O)c2=O)ncc1C. The van der Waals surface area contributed by atoms with E-state index >= 15 is 0 Å². The van der Waals surface area contributed by atoms with Crippen LogP contribution in [0.3, 0.4) is 0 Å². The summed E-state index contributed by atoms with van der Waals surface area (Å²) in [5.41, 5.74) is -0.412. The first-order valence-electron chi connectivity index (χ1n) is 6.75. The first kappa shape index (κ1) is 15.9. The predicted octanol–water partition coefficient (Wildman–Crippen LogP) is 1.55. The van der Waals surface area contributed by atoms with Crippen molar-refractivity contribution in [1.29, 1.82) is 0 Å². The predicted molar refractivity (Wildman–Crippen MR) is 81.2 cm³/mol. The number of pyridine rings is 2. The molecular formula is C16H18N2O4. The Bertz CT molecular complexity index is 772. The third kappa shape index (κ3) is 2.92. The number of hydrogen-bond acceptors (Lipinski definition) is 5. The highest BCUT2D eigenvalue weighted by atomic mass is 16.5. The van der Waals surface area contributed by atoms with Crippen LogP contribution in [0.5, 0.6) is 0 Å². The highest BCUT2D eigenvalue weighted by Crippen LogP contribution is 2.17. The van der Waals surface area contributed by atoms with E-state index in [2.05, 4.69) is 4.98 Å². The van der Waals surface area contributed by atoms with Crippen LogP contribution in [0, 0.1) is 6.92 Å². The van der Waals surface area contributed by atoms with Crippen LogP contribution in [0.25, 0.3) is 5.82 Å². The van der Waals surface area contributed by atoms with Gasteiger partial charge in [-0.1, -0.05) is 0 Å². The molecule has 0 fully saturated rings. The van der Waals surface area contributed by atoms with Crippen molar-refractivity contribution in [2.45, 2.75) is 26.4 Å². The van der Waals surface area contributed by atoms with Crippen LogP contribution in [-0.4, -0.2) is 27.7 Å². The van der Waals surface area contributed by atoms with Gasteiger partial charge < -0.3 is 9.84 Å². The largest absolute Gasteiger partial charge is 0.465 e. The molecule has 2 aromatic rings. The van der Waals surface area contributed by atoms with E-state index in [0.29, 0.717) is 16.9 Å². The summed E-state index contributed by atoms with van der Waals surface area (Å²) in [4.78, 5) is 28.4. The zero-order valence-corrected chi connectivity index (χ0v) is 13.0. The lowest BCUT2D eigenvalue weighted by molar-refractivity contribution is 0.0599. The van der Waals surface area contributed by atoms with Gasteiger partial charge in [0, 0.05) is 18.0 Å². The summed E-state index contributed by atoms with van der Waals surface area (Å²) in [7, 11) is 1.29. The molecule has 2 aromatic heterocycles. The summed E-state index contributed by atoms with van der Waals surface area (Å²) < 4.78 is 6.01. The van der Waals surface area contributed by atoms with E-state index in [1.54, 1.807) is 19.1 Å². The topological polar surface area (TPSA) is 81.4 Å². The van der Waals surface area contributed by atoms with Gasteiger partial charge in [-0.3, -0.25) is 9.36 Å². The summed E-state index contributed by atoms with van der Waals surface area (Å²) in [6.45, 7) is 4.81. The highest BCUT2D eigenvalue weighted by Gasteiger charge is 2.21. The molecule has 2 rings (SSSR count). The second-order valence-electron chi connectivity index (χ2n) is 5.51. The molecule has 0 aliphatic heterocycles. The molecule has 0 amide bonds. The summed E-state index contributed by atoms with van der Waals surface area (Å²) in [5, 5.41) is 10.1. The Balaban J connectivity index is 2.64. The monoisotopic (exact) mass is 302 g/mol. The third-order valence-electron chi connectivity index (χ3n) is 3.35. The summed E-state index contributed by atoms with van der Waals surface area (Å²) in [6, 6.07) is 4.71. The molecule has 1 N–H and O–H groups in total. The maximum atomic E-state index is 12.5. The molecule has 0 saturated heterocycles. The molecule has 0 bridgehead atoms. The van der Waals surface area contributed by atoms with Gasteiger partial charge in [-0.25, -0.2) is 9.78 Å². The number of methoxy groups -OCH3 is 1. The van der Waals surface area contributed by atoms with E-state index in [9.17, 15) is 14.7 Å². The number of aromatic nitrogens is 2. The molecule has 116 valence electrons. The van der Waals surface area contributed by atoms with Crippen molar-refractivity contribution in [3.05, 3.63) is 57.6 Å². The molecule has 0 saturated carbocycles. The molecule has 6 heteroatoms. The van der Waals surface area contributed by atoms with Crippen LogP contribution in [-0.2, 0) is 10.3 Å². The van der Waals surface area contributed by atoms with Gasteiger partial charge in [0.05, 0.1) is 18.3 Å². The van der Waals surface area contributed by atoms with Crippen molar-refractivity contribution in [2.75, 3.05) is 7.11 Å². The first-order valence-corrected chi connectivity index (χ1v) is 6.75. The number of carbonyl (C=O) groups is 1. The molecule has 0 atom stereocenters. The fourth-order valence-corrected chi connectivity index (χ4v) is 2.11. The van der Waals surface area contributed by atoms with Crippen molar-refractivity contribution >= 4 is 5.97 Å². The van der Waals surface area contributed by atoms with Gasteiger partial charge in [0.1, 0.15) is 5.82 Å². The average Bonchev–Trinajstić information content (AvgIpc) is 2.46. The number of hydrogen-bond donors (Lipinski definition) is 1. The smallest absolute Gasteiger partial charge is 0.338 e. The Labute approximate surface area is 128 Å². The number of carbonyl (C=O) groups excluding carboxylic acids is 1. The van der Waals surface area contributed by atoms with E-state index in [-0.39, 0.29) is 11.1 Å². The van der Waals surface area contributed by atoms with Crippen LogP contribution in [0.2, 0.25) is 0 Å². The zero-order valence-electron chi connectivity index (χ0n) is 13.0. The molecule has 0 aliphatic rings. The fraction of sp³-hybridized carbons (Fsp3) is 0.312. The summed E-state index contributed by atoms with van der Waals surface area (Å²) in [5.74, 6) is -0.199. The maximum absolute atomic E-state index is 12.5. The van der Waals surface area contributed by atoms with Gasteiger partial charge in [0.15, 0.2) is 0 Å². The number of rotatable bonds is 3. The number of nitrogens with zero attached hydrogens (tertiary/aromatic N) is 2. The van der Waals surface area contributed by atoms with Crippen molar-refractivity contribution in [1.82, 2.24) is 9.55 Å². The average molecular weight is 302 g/mol. The molecule has 0 radical (unpaired) electrons. The van der Waals surface area contributed by atoms with Crippen LogP contribution in [0.15, 0.2) is 35.4 Å². The minimum atomic E-state index is -1.27. The van der Waals surface area contributed by atoms with Crippen LogP contribution in [0.4, 0.5) is 0 Å². The van der Waals surface area contributed by atoms with Crippen molar-refractivity contribution < 1.29 is 14.6 Å². The summed E-state index contributed by atoms with van der Waals surface area (Å²) >= 11 is 0. The molecule has 0 unspecified atom stereocenters. The second kappa shape index (κ2) is 5.73. The molecular weight excluding hydrogens is 284 g/mol. The molecule has 22 heavy (non-hydrogen) atoms. The highest BCUT2D eigenvalue weighted by molar-refractivity contribution is 5.91. The Morgan fingerprint density at radius 1 is 1.41 bits per heavy atom. The number of esters is 1. The van der Waals surface area contributed by atoms with Crippen LogP contribution >= 0.6 is 0 Å². The second-order valence-corrected chi connectivity index (χ2v) is 5.51. The van der Waals surface area contributed by atoms with E-state index in [1.165, 1.54) is 44.0 Å². The Hall–Kier alpha value is -2.47. The van der Waals surface area contributed by atoms with Crippen molar-refractivity contribution in [3.63, 3.8) is 0 Å². The third-order valence-corrected chi connectivity index (χ3v) is 3.35. The molecule has 0 aromatic carbocycles. The van der Waals surface area contributed by atoms with E-state index in [1.807, 2.05) is 0 Å². The van der Waals surface area contributed by atoms with E-state index < -0.39 is 11.6 Å². The lowest BCUT2D eigenvalue weighted by atomic mass is 10.0. The van der Waals surface area contributed by atoms with Crippen molar-refractivity contribution in [3.8, 4) is 5.82 Å². The number of aliphatic hydroxyl groups is 1. The molecule has 0 aliphatic carbocycles. The van der Waals surface area contributed by atoms with Gasteiger partial charge in [0.25, 0.3) is 5.56 Å². The Morgan fingerprint density at radius 2 is 2.09 bits per heavy atom. The molecule has 2 heterocycles. The van der Waals surface area contributed by atoms with Gasteiger partial charge in [-0.15, -0.1) is 0 Å². The maximum Gasteiger partial charge on any atom is 0.338 e. The molecule has 6 nitrogen and oxygen atoms in total. The number of ether oxygens (including phenoxy) is 1. The summed E-state index contributed by atoms with van der Waals surface area (Å²) in [6.07, 6.45) is 3.04. The van der Waals surface area contributed by atoms with Gasteiger partial charge in [-0.05, 0) is 44.5 Å². The lowest BCUT2D eigenvalue weighted by Crippen LogP contribution is -2.31. The van der Waals surface area contributed by atoms with E-state index in [0.717, 1.165) is 0 Å². The van der Waals surface area contributed by atoms with Crippen LogP contribution in [0.1, 0.15) is 35.3 Å². The standard InChI is InChI=1S/C16H18N2O4/c1-10-9-17-13(8-11(10)15(20)22-4)18-7-5-6-12(14(18)19)16(2,3)21/h5-9,21H,1-4H3. The van der Waals surface area contributed by atoms with Crippen LogP contribution < -0.4 is 5.56 Å². The van der Waals surface area contributed by atoms with Gasteiger partial charge in [0.2, 0.25) is 0 Å². The zero-order chi connectivity index (χ0) is 16.5. The Morgan fingerprint density at radius 3 is 2.68 bits per heavy atom. The van der Waals surface area contributed by atoms with E-state index in [4.69, 9.17) is 4.74 Å². The van der Waals surface area contributed by atoms with Gasteiger partial charge in [-0.2, -0.15) is 0 Å². The first-order chi connectivity index (χ1) is 10.3. The normalized spacial score (nSPS) is 11.3. The minimum Gasteiger partial charge on any atom is -0.465 e. The van der Waals surface area contributed by atoms with Crippen molar-refractivity contribution in [2.24, 2.45) is 0 Å². The minimum absolute atomic E-state index is 0.247. The fourth-order valence-electron chi connectivity index (χ4n) is 2.11. The Kier molecular flexibility index (Phi) is 4.14. The molecule has 0 spiro atoms. The number of aryl methyl sites for hydroxylation is 1.